The Morgan fingerprint density at radius 1 is 1.25 bits per heavy atom. The summed E-state index contributed by atoms with van der Waals surface area (Å²) in [4.78, 5) is 27.7. The highest BCUT2D eigenvalue weighted by Gasteiger charge is 2.28. The predicted molar refractivity (Wildman–Crippen MR) is 76.6 cm³/mol. The van der Waals surface area contributed by atoms with Gasteiger partial charge in [-0.1, -0.05) is 61.0 Å². The molecule has 0 aliphatic heterocycles. The van der Waals surface area contributed by atoms with Gasteiger partial charge >= 0.3 is 12.1 Å². The van der Waals surface area contributed by atoms with Crippen molar-refractivity contribution in [1.29, 1.82) is 0 Å². The molecule has 0 radical (unpaired) electrons. The first kappa shape index (κ1) is 17.7. The molecule has 0 heterocycles. The topological polar surface area (TPSA) is 64.6 Å². The van der Waals surface area contributed by atoms with Crippen LogP contribution in [-0.2, 0) is 14.4 Å². The van der Waals surface area contributed by atoms with E-state index in [2.05, 4.69) is 4.74 Å². The van der Waals surface area contributed by atoms with E-state index in [4.69, 9.17) is 39.6 Å². The number of carbonyl (C=O) groups is 2. The van der Waals surface area contributed by atoms with Crippen LogP contribution in [0.3, 0.4) is 0 Å². The number of halogens is 3. The zero-order valence-electron chi connectivity index (χ0n) is 11.2. The van der Waals surface area contributed by atoms with Crippen LogP contribution >= 0.6 is 34.8 Å². The molecule has 0 spiro atoms. The molecule has 1 amide bonds. The SMILES string of the molecule is C[C@H](C(=O)ONC(=O)OCC(Cl)(Cl)Cl)C1CCCCC1. The van der Waals surface area contributed by atoms with Gasteiger partial charge in [-0.25, -0.2) is 9.59 Å². The summed E-state index contributed by atoms with van der Waals surface area (Å²) < 4.78 is 2.86. The molecule has 1 N–H and O–H groups in total. The van der Waals surface area contributed by atoms with Crippen LogP contribution in [0, 0.1) is 11.8 Å². The van der Waals surface area contributed by atoms with Crippen molar-refractivity contribution in [2.24, 2.45) is 11.8 Å². The standard InChI is InChI=1S/C12H18Cl3NO4/c1-8(9-5-3-2-4-6-9)10(17)20-16-11(18)19-7-12(13,14)15/h8-9H,2-7H2,1H3,(H,16,18)/t8-/m0/s1. The van der Waals surface area contributed by atoms with Gasteiger partial charge in [0.15, 0.2) is 0 Å². The molecule has 1 fully saturated rings. The summed E-state index contributed by atoms with van der Waals surface area (Å²) in [5.41, 5.74) is 1.89. The molecule has 1 atom stereocenters. The van der Waals surface area contributed by atoms with Gasteiger partial charge < -0.3 is 9.57 Å². The fourth-order valence-corrected chi connectivity index (χ4v) is 2.35. The number of hydroxylamine groups is 1. The first-order valence-electron chi connectivity index (χ1n) is 6.50. The molecule has 0 aromatic heterocycles. The number of amides is 1. The molecular formula is C12H18Cl3NO4. The lowest BCUT2D eigenvalue weighted by Gasteiger charge is -2.25. The Kier molecular flexibility index (Phi) is 7.20. The van der Waals surface area contributed by atoms with Crippen LogP contribution in [-0.4, -0.2) is 22.5 Å². The predicted octanol–water partition coefficient (Wildman–Crippen LogP) is 3.76. The molecule has 1 aliphatic carbocycles. The molecule has 1 saturated carbocycles. The van der Waals surface area contributed by atoms with Crippen LogP contribution in [0.4, 0.5) is 4.79 Å². The van der Waals surface area contributed by atoms with E-state index in [1.165, 1.54) is 6.42 Å². The second-order valence-corrected chi connectivity index (χ2v) is 7.42. The maximum atomic E-state index is 11.8. The van der Waals surface area contributed by atoms with Crippen molar-refractivity contribution in [2.75, 3.05) is 6.61 Å². The van der Waals surface area contributed by atoms with Crippen LogP contribution in [0.5, 0.6) is 0 Å². The lowest BCUT2D eigenvalue weighted by molar-refractivity contribution is -0.156. The van der Waals surface area contributed by atoms with Gasteiger partial charge in [0.25, 0.3) is 0 Å². The van der Waals surface area contributed by atoms with Crippen LogP contribution < -0.4 is 5.48 Å². The molecular weight excluding hydrogens is 328 g/mol. The van der Waals surface area contributed by atoms with Crippen molar-refractivity contribution in [3.63, 3.8) is 0 Å². The fraction of sp³-hybridized carbons (Fsp3) is 0.833. The van der Waals surface area contributed by atoms with Crippen LogP contribution in [0.2, 0.25) is 0 Å². The molecule has 116 valence electrons. The van der Waals surface area contributed by atoms with Gasteiger partial charge in [0, 0.05) is 0 Å². The zero-order valence-corrected chi connectivity index (χ0v) is 13.4. The Morgan fingerprint density at radius 2 is 1.85 bits per heavy atom. The van der Waals surface area contributed by atoms with Crippen molar-refractivity contribution >= 4 is 46.9 Å². The summed E-state index contributed by atoms with van der Waals surface area (Å²) in [5, 5.41) is 0. The van der Waals surface area contributed by atoms with E-state index in [9.17, 15) is 9.59 Å². The minimum Gasteiger partial charge on any atom is -0.443 e. The average Bonchev–Trinajstić information content (AvgIpc) is 2.41. The van der Waals surface area contributed by atoms with E-state index in [1.54, 1.807) is 6.92 Å². The maximum Gasteiger partial charge on any atom is 0.440 e. The Morgan fingerprint density at radius 3 is 2.40 bits per heavy atom. The van der Waals surface area contributed by atoms with Crippen LogP contribution in [0.15, 0.2) is 0 Å². The summed E-state index contributed by atoms with van der Waals surface area (Å²) in [6.07, 6.45) is 4.50. The summed E-state index contributed by atoms with van der Waals surface area (Å²) in [7, 11) is 0. The number of carbonyl (C=O) groups excluding carboxylic acids is 2. The molecule has 0 aromatic rings. The van der Waals surface area contributed by atoms with Gasteiger partial charge in [0.2, 0.25) is 3.79 Å². The van der Waals surface area contributed by atoms with Crippen molar-refractivity contribution in [2.45, 2.75) is 42.8 Å². The lowest BCUT2D eigenvalue weighted by atomic mass is 9.81. The normalized spacial score (nSPS) is 18.2. The van der Waals surface area contributed by atoms with Gasteiger partial charge in [-0.15, -0.1) is 5.48 Å². The fourth-order valence-electron chi connectivity index (χ4n) is 2.19. The Bertz CT molecular complexity index is 340. The van der Waals surface area contributed by atoms with E-state index >= 15 is 0 Å². The van der Waals surface area contributed by atoms with Crippen LogP contribution in [0.25, 0.3) is 0 Å². The van der Waals surface area contributed by atoms with E-state index in [1.807, 2.05) is 5.48 Å². The largest absolute Gasteiger partial charge is 0.443 e. The minimum absolute atomic E-state index is 0.260. The molecule has 8 heteroatoms. The summed E-state index contributed by atoms with van der Waals surface area (Å²) in [5.74, 6) is -0.443. The van der Waals surface area contributed by atoms with Crippen molar-refractivity contribution in [1.82, 2.24) is 5.48 Å². The Balaban J connectivity index is 2.26. The summed E-state index contributed by atoms with van der Waals surface area (Å²) >= 11 is 16.2. The van der Waals surface area contributed by atoms with Gasteiger partial charge in [-0.3, -0.25) is 0 Å². The molecule has 0 bridgehead atoms. The highest BCUT2D eigenvalue weighted by Crippen LogP contribution is 2.30. The van der Waals surface area contributed by atoms with E-state index in [0.29, 0.717) is 5.92 Å². The lowest BCUT2D eigenvalue weighted by Crippen LogP contribution is -2.34. The zero-order chi connectivity index (χ0) is 15.2. The smallest absolute Gasteiger partial charge is 0.440 e. The van der Waals surface area contributed by atoms with Gasteiger partial charge in [0.05, 0.1) is 5.92 Å². The summed E-state index contributed by atoms with van der Waals surface area (Å²) in [6.45, 7) is 1.37. The third-order valence-electron chi connectivity index (χ3n) is 3.33. The third-order valence-corrected chi connectivity index (χ3v) is 3.66. The van der Waals surface area contributed by atoms with Crippen molar-refractivity contribution < 1.29 is 19.2 Å². The minimum atomic E-state index is -1.70. The number of hydrogen-bond donors (Lipinski definition) is 1. The first-order valence-corrected chi connectivity index (χ1v) is 7.63. The molecule has 20 heavy (non-hydrogen) atoms. The van der Waals surface area contributed by atoms with E-state index in [0.717, 1.165) is 25.7 Å². The van der Waals surface area contributed by atoms with Crippen LogP contribution in [0.1, 0.15) is 39.0 Å². The molecule has 0 saturated heterocycles. The number of nitrogens with one attached hydrogen (secondary N) is 1. The second kappa shape index (κ2) is 8.15. The summed E-state index contributed by atoms with van der Waals surface area (Å²) in [6, 6.07) is 0. The number of rotatable bonds is 3. The quantitative estimate of drug-likeness (QED) is 0.624. The number of hydrogen-bond acceptors (Lipinski definition) is 4. The van der Waals surface area contributed by atoms with Crippen molar-refractivity contribution in [3.05, 3.63) is 0 Å². The highest BCUT2D eigenvalue weighted by molar-refractivity contribution is 6.67. The third kappa shape index (κ3) is 6.86. The molecule has 1 aliphatic rings. The van der Waals surface area contributed by atoms with Gasteiger partial charge in [0.1, 0.15) is 6.61 Å². The monoisotopic (exact) mass is 345 g/mol. The molecule has 1 rings (SSSR count). The maximum absolute atomic E-state index is 11.8. The van der Waals surface area contributed by atoms with E-state index in [-0.39, 0.29) is 5.92 Å². The first-order chi connectivity index (χ1) is 9.29. The molecule has 5 nitrogen and oxygen atoms in total. The highest BCUT2D eigenvalue weighted by atomic mass is 35.6. The molecule has 0 unspecified atom stereocenters. The average molecular weight is 347 g/mol. The second-order valence-electron chi connectivity index (χ2n) is 4.90. The number of ether oxygens (including phenoxy) is 1. The van der Waals surface area contributed by atoms with Gasteiger partial charge in [-0.2, -0.15) is 0 Å². The molecule has 0 aromatic carbocycles. The Labute approximate surface area is 133 Å². The van der Waals surface area contributed by atoms with Gasteiger partial charge in [-0.05, 0) is 18.8 Å². The Hall–Kier alpha value is -0.390. The number of alkyl halides is 3. The van der Waals surface area contributed by atoms with E-state index < -0.39 is 22.5 Å². The van der Waals surface area contributed by atoms with Crippen molar-refractivity contribution in [3.8, 4) is 0 Å².